The highest BCUT2D eigenvalue weighted by Crippen LogP contribution is 2.43. The first-order valence-electron chi connectivity index (χ1n) is 10.3. The molecular weight excluding hydrogens is 408 g/mol. The number of hydrogen-bond donors (Lipinski definition) is 0. The standard InChI is InChI=1S/C23H20N6O3/c1-13-3-5-15(6-4-13)16-8-18(9-16)29-23(31)32-19(27-29)11-28-12-25-21-20(22(28)30)14(2)7-17(10-24)26-21/h3-7,12,16,18H,8-9,11H2,1-2H3. The van der Waals surface area contributed by atoms with Gasteiger partial charge in [-0.1, -0.05) is 29.8 Å². The second-order valence-electron chi connectivity index (χ2n) is 8.25. The second-order valence-corrected chi connectivity index (χ2v) is 8.25. The van der Waals surface area contributed by atoms with Crippen molar-refractivity contribution in [2.75, 3.05) is 0 Å². The van der Waals surface area contributed by atoms with E-state index in [1.807, 2.05) is 6.07 Å². The zero-order valence-corrected chi connectivity index (χ0v) is 17.6. The van der Waals surface area contributed by atoms with E-state index in [2.05, 4.69) is 46.3 Å². The molecule has 1 fully saturated rings. The molecule has 1 aromatic carbocycles. The summed E-state index contributed by atoms with van der Waals surface area (Å²) < 4.78 is 8.02. The smallest absolute Gasteiger partial charge is 0.390 e. The molecule has 0 aliphatic heterocycles. The van der Waals surface area contributed by atoms with Crippen LogP contribution in [0.3, 0.4) is 0 Å². The van der Waals surface area contributed by atoms with Crippen LogP contribution >= 0.6 is 0 Å². The lowest BCUT2D eigenvalue weighted by atomic mass is 9.76. The fourth-order valence-electron chi connectivity index (χ4n) is 4.17. The van der Waals surface area contributed by atoms with Gasteiger partial charge in [0.1, 0.15) is 24.6 Å². The molecule has 32 heavy (non-hydrogen) atoms. The molecule has 4 aromatic rings. The Kier molecular flexibility index (Phi) is 4.70. The molecule has 1 aliphatic carbocycles. The summed E-state index contributed by atoms with van der Waals surface area (Å²) in [6.45, 7) is 3.77. The monoisotopic (exact) mass is 428 g/mol. The summed E-state index contributed by atoms with van der Waals surface area (Å²) in [6.07, 6.45) is 2.96. The van der Waals surface area contributed by atoms with Crippen LogP contribution in [0.4, 0.5) is 0 Å². The van der Waals surface area contributed by atoms with E-state index in [-0.39, 0.29) is 35.4 Å². The van der Waals surface area contributed by atoms with Crippen molar-refractivity contribution in [3.8, 4) is 6.07 Å². The third-order valence-corrected chi connectivity index (χ3v) is 6.03. The molecule has 0 unspecified atom stereocenters. The van der Waals surface area contributed by atoms with E-state index in [1.54, 1.807) is 13.0 Å². The molecule has 0 spiro atoms. The fourth-order valence-corrected chi connectivity index (χ4v) is 4.17. The topological polar surface area (TPSA) is 120 Å². The van der Waals surface area contributed by atoms with Gasteiger partial charge in [-0.15, -0.1) is 5.10 Å². The SMILES string of the molecule is Cc1ccc(C2CC(n3nc(Cn4cnc5nc(C#N)cc(C)c5c4=O)oc3=O)C2)cc1. The summed E-state index contributed by atoms with van der Waals surface area (Å²) in [4.78, 5) is 33.6. The van der Waals surface area contributed by atoms with Gasteiger partial charge in [0.25, 0.3) is 5.56 Å². The van der Waals surface area contributed by atoms with Gasteiger partial charge in [-0.2, -0.15) is 9.94 Å². The second kappa shape index (κ2) is 7.57. The molecule has 160 valence electrons. The van der Waals surface area contributed by atoms with E-state index < -0.39 is 5.76 Å². The maximum atomic E-state index is 12.9. The lowest BCUT2D eigenvalue weighted by Gasteiger charge is -2.34. The average molecular weight is 428 g/mol. The number of hydrogen-bond acceptors (Lipinski definition) is 7. The molecule has 0 saturated heterocycles. The van der Waals surface area contributed by atoms with E-state index in [0.29, 0.717) is 16.9 Å². The van der Waals surface area contributed by atoms with E-state index in [4.69, 9.17) is 9.68 Å². The summed E-state index contributed by atoms with van der Waals surface area (Å²) in [5, 5.41) is 13.7. The van der Waals surface area contributed by atoms with Crippen molar-refractivity contribution in [3.63, 3.8) is 0 Å². The molecule has 5 rings (SSSR count). The fraction of sp³-hybridized carbons (Fsp3) is 0.304. The Balaban J connectivity index is 1.37. The third kappa shape index (κ3) is 3.39. The van der Waals surface area contributed by atoms with E-state index in [9.17, 15) is 9.59 Å². The minimum atomic E-state index is -0.523. The Morgan fingerprint density at radius 1 is 1.19 bits per heavy atom. The Morgan fingerprint density at radius 2 is 1.94 bits per heavy atom. The third-order valence-electron chi connectivity index (χ3n) is 6.03. The number of aromatic nitrogens is 5. The minimum absolute atomic E-state index is 0.0163. The molecular formula is C23H20N6O3. The Labute approximate surface area is 182 Å². The molecule has 0 bridgehead atoms. The van der Waals surface area contributed by atoms with Crippen molar-refractivity contribution in [3.05, 3.63) is 85.8 Å². The average Bonchev–Trinajstić information content (AvgIpc) is 3.09. The lowest BCUT2D eigenvalue weighted by Crippen LogP contribution is -2.31. The van der Waals surface area contributed by atoms with Crippen molar-refractivity contribution < 1.29 is 4.42 Å². The first-order valence-corrected chi connectivity index (χ1v) is 10.3. The minimum Gasteiger partial charge on any atom is -0.390 e. The van der Waals surface area contributed by atoms with Gasteiger partial charge < -0.3 is 4.42 Å². The summed E-state index contributed by atoms with van der Waals surface area (Å²) in [5.41, 5.74) is 3.19. The van der Waals surface area contributed by atoms with Crippen LogP contribution in [0.5, 0.6) is 0 Å². The van der Waals surface area contributed by atoms with Crippen LogP contribution in [0, 0.1) is 25.2 Å². The summed E-state index contributed by atoms with van der Waals surface area (Å²) in [7, 11) is 0. The maximum Gasteiger partial charge on any atom is 0.437 e. The molecule has 0 N–H and O–H groups in total. The highest BCUT2D eigenvalue weighted by atomic mass is 16.4. The van der Waals surface area contributed by atoms with E-state index in [0.717, 1.165) is 12.8 Å². The molecule has 3 heterocycles. The normalized spacial score (nSPS) is 17.8. The molecule has 1 aliphatic rings. The number of nitriles is 1. The first kappa shape index (κ1) is 19.9. The van der Waals surface area contributed by atoms with Gasteiger partial charge in [0.05, 0.1) is 11.4 Å². The highest BCUT2D eigenvalue weighted by Gasteiger charge is 2.34. The van der Waals surface area contributed by atoms with Gasteiger partial charge in [-0.05, 0) is 49.8 Å². The van der Waals surface area contributed by atoms with Crippen LogP contribution in [0.2, 0.25) is 0 Å². The molecule has 0 amide bonds. The van der Waals surface area contributed by atoms with Gasteiger partial charge in [-0.25, -0.2) is 14.8 Å². The van der Waals surface area contributed by atoms with Crippen molar-refractivity contribution in [2.24, 2.45) is 0 Å². The van der Waals surface area contributed by atoms with Crippen molar-refractivity contribution >= 4 is 11.0 Å². The molecule has 0 radical (unpaired) electrons. The lowest BCUT2D eigenvalue weighted by molar-refractivity contribution is 0.233. The number of benzene rings is 1. The van der Waals surface area contributed by atoms with Gasteiger partial charge in [0.15, 0.2) is 5.65 Å². The van der Waals surface area contributed by atoms with Crippen molar-refractivity contribution in [1.29, 1.82) is 5.26 Å². The Bertz CT molecular complexity index is 1480. The maximum absolute atomic E-state index is 12.9. The largest absolute Gasteiger partial charge is 0.437 e. The quantitative estimate of drug-likeness (QED) is 0.490. The first-order chi connectivity index (χ1) is 15.4. The summed E-state index contributed by atoms with van der Waals surface area (Å²) in [5.74, 6) is 0.0238. The van der Waals surface area contributed by atoms with Crippen LogP contribution in [-0.4, -0.2) is 24.3 Å². The van der Waals surface area contributed by atoms with Crippen LogP contribution in [0.15, 0.2) is 50.7 Å². The number of fused-ring (bicyclic) bond motifs is 1. The Hall–Kier alpha value is -4.06. The predicted molar refractivity (Wildman–Crippen MR) is 115 cm³/mol. The molecule has 9 nitrogen and oxygen atoms in total. The van der Waals surface area contributed by atoms with Crippen LogP contribution in [0.25, 0.3) is 11.0 Å². The van der Waals surface area contributed by atoms with Gasteiger partial charge in [-0.3, -0.25) is 9.36 Å². The Morgan fingerprint density at radius 3 is 2.66 bits per heavy atom. The van der Waals surface area contributed by atoms with E-state index in [1.165, 1.54) is 26.7 Å². The van der Waals surface area contributed by atoms with Crippen molar-refractivity contribution in [1.82, 2.24) is 24.3 Å². The summed E-state index contributed by atoms with van der Waals surface area (Å²) in [6, 6.07) is 11.9. The number of pyridine rings is 1. The number of rotatable bonds is 4. The predicted octanol–water partition coefficient (Wildman–Crippen LogP) is 2.60. The molecule has 0 atom stereocenters. The zero-order valence-electron chi connectivity index (χ0n) is 17.6. The van der Waals surface area contributed by atoms with Gasteiger partial charge >= 0.3 is 5.76 Å². The highest BCUT2D eigenvalue weighted by molar-refractivity contribution is 5.77. The summed E-state index contributed by atoms with van der Waals surface area (Å²) >= 11 is 0. The van der Waals surface area contributed by atoms with Gasteiger partial charge in [0.2, 0.25) is 5.89 Å². The number of nitrogens with zero attached hydrogens (tertiary/aromatic N) is 6. The van der Waals surface area contributed by atoms with E-state index >= 15 is 0 Å². The molecule has 1 saturated carbocycles. The molecule has 3 aromatic heterocycles. The number of aryl methyl sites for hydroxylation is 2. The van der Waals surface area contributed by atoms with Crippen molar-refractivity contribution in [2.45, 2.75) is 45.2 Å². The zero-order chi connectivity index (χ0) is 22.4. The van der Waals surface area contributed by atoms with Gasteiger partial charge in [0, 0.05) is 0 Å². The van der Waals surface area contributed by atoms with Crippen LogP contribution < -0.4 is 11.3 Å². The van der Waals surface area contributed by atoms with Crippen LogP contribution in [-0.2, 0) is 6.54 Å². The van der Waals surface area contributed by atoms with Crippen LogP contribution in [0.1, 0.15) is 53.1 Å². The molecule has 9 heteroatoms.